The van der Waals surface area contributed by atoms with Crippen molar-refractivity contribution in [2.75, 3.05) is 20.0 Å². The highest BCUT2D eigenvalue weighted by Gasteiger charge is 2.38. The highest BCUT2D eigenvalue weighted by molar-refractivity contribution is 8.01. The van der Waals surface area contributed by atoms with Crippen molar-refractivity contribution in [3.05, 3.63) is 95.6 Å². The van der Waals surface area contributed by atoms with E-state index in [-0.39, 0.29) is 11.7 Å². The number of thioether (sulfide) groups is 1. The Bertz CT molecular complexity index is 959. The van der Waals surface area contributed by atoms with Gasteiger partial charge in [0.05, 0.1) is 24.7 Å². The molecular formula is C27H30O4S. The van der Waals surface area contributed by atoms with Gasteiger partial charge in [-0.3, -0.25) is 4.79 Å². The zero-order valence-electron chi connectivity index (χ0n) is 19.3. The molecule has 0 saturated heterocycles. The molecule has 0 N–H and O–H groups in total. The van der Waals surface area contributed by atoms with E-state index in [1.165, 1.54) is 0 Å². The van der Waals surface area contributed by atoms with Gasteiger partial charge in [-0.15, -0.1) is 11.8 Å². The van der Waals surface area contributed by atoms with E-state index in [1.54, 1.807) is 26.0 Å². The third-order valence-electron chi connectivity index (χ3n) is 5.00. The number of esters is 1. The highest BCUT2D eigenvalue weighted by Crippen LogP contribution is 2.49. The number of rotatable bonds is 8. The van der Waals surface area contributed by atoms with Crippen LogP contribution in [-0.2, 0) is 14.3 Å². The Balaban J connectivity index is 2.15. The average molecular weight is 451 g/mol. The largest absolute Gasteiger partial charge is 0.497 e. The number of carbonyl (C=O) groups is 1. The molecule has 0 aliphatic heterocycles. The van der Waals surface area contributed by atoms with E-state index in [2.05, 4.69) is 36.4 Å². The van der Waals surface area contributed by atoms with Gasteiger partial charge >= 0.3 is 5.97 Å². The van der Waals surface area contributed by atoms with Crippen molar-refractivity contribution in [1.29, 1.82) is 0 Å². The Labute approximate surface area is 194 Å². The standard InChI is InChI=1S/C27H30O4S/c1-26(2,3)31-25(28)19-32-27(20-9-7-6-8-10-20,21-11-15-23(29-4)16-12-21)22-13-17-24(30-5)18-14-22/h6-18H,19H2,1-5H3. The van der Waals surface area contributed by atoms with Crippen molar-refractivity contribution < 1.29 is 19.0 Å². The number of carbonyl (C=O) groups excluding carboxylic acids is 1. The molecule has 3 aromatic carbocycles. The Morgan fingerprint density at radius 2 is 1.16 bits per heavy atom. The van der Waals surface area contributed by atoms with Crippen LogP contribution in [0.1, 0.15) is 37.5 Å². The third kappa shape index (κ3) is 5.46. The van der Waals surface area contributed by atoms with Crippen LogP contribution < -0.4 is 9.47 Å². The minimum Gasteiger partial charge on any atom is -0.497 e. The summed E-state index contributed by atoms with van der Waals surface area (Å²) in [5.41, 5.74) is 2.63. The van der Waals surface area contributed by atoms with Crippen molar-refractivity contribution >= 4 is 17.7 Å². The summed E-state index contributed by atoms with van der Waals surface area (Å²) in [6.45, 7) is 5.65. The molecule has 32 heavy (non-hydrogen) atoms. The molecule has 0 aromatic heterocycles. The van der Waals surface area contributed by atoms with E-state index in [0.29, 0.717) is 0 Å². The Morgan fingerprint density at radius 1 is 0.719 bits per heavy atom. The SMILES string of the molecule is COc1ccc(C(SCC(=O)OC(C)(C)C)(c2ccccc2)c2ccc(OC)cc2)cc1. The first kappa shape index (κ1) is 23.7. The molecular weight excluding hydrogens is 420 g/mol. The minimum absolute atomic E-state index is 0.199. The van der Waals surface area contributed by atoms with Gasteiger partial charge in [-0.25, -0.2) is 0 Å². The van der Waals surface area contributed by atoms with E-state index in [1.807, 2.05) is 63.2 Å². The number of ether oxygens (including phenoxy) is 3. The van der Waals surface area contributed by atoms with Crippen molar-refractivity contribution in [1.82, 2.24) is 0 Å². The summed E-state index contributed by atoms with van der Waals surface area (Å²) >= 11 is 1.55. The monoisotopic (exact) mass is 450 g/mol. The molecule has 0 amide bonds. The van der Waals surface area contributed by atoms with Crippen LogP contribution in [0.4, 0.5) is 0 Å². The molecule has 0 spiro atoms. The summed E-state index contributed by atoms with van der Waals surface area (Å²) in [5, 5.41) is 0. The summed E-state index contributed by atoms with van der Waals surface area (Å²) in [5.74, 6) is 1.51. The number of methoxy groups -OCH3 is 2. The van der Waals surface area contributed by atoms with Gasteiger partial charge in [0.15, 0.2) is 0 Å². The molecule has 0 aliphatic carbocycles. The predicted molar refractivity (Wildman–Crippen MR) is 131 cm³/mol. The first-order chi connectivity index (χ1) is 15.3. The molecule has 0 aliphatic rings. The van der Waals surface area contributed by atoms with Gasteiger partial charge in [-0.2, -0.15) is 0 Å². The first-order valence-corrected chi connectivity index (χ1v) is 11.5. The van der Waals surface area contributed by atoms with Crippen LogP contribution in [0.2, 0.25) is 0 Å². The topological polar surface area (TPSA) is 44.8 Å². The van der Waals surface area contributed by atoms with Gasteiger partial charge in [0, 0.05) is 0 Å². The molecule has 3 aromatic rings. The fourth-order valence-corrected chi connectivity index (χ4v) is 4.91. The van der Waals surface area contributed by atoms with Crippen LogP contribution in [0.25, 0.3) is 0 Å². The van der Waals surface area contributed by atoms with Crippen molar-refractivity contribution in [3.8, 4) is 11.5 Å². The van der Waals surface area contributed by atoms with Crippen molar-refractivity contribution in [2.45, 2.75) is 31.1 Å². The van der Waals surface area contributed by atoms with Gasteiger partial charge in [0.2, 0.25) is 0 Å². The fraction of sp³-hybridized carbons (Fsp3) is 0.296. The lowest BCUT2D eigenvalue weighted by Crippen LogP contribution is -2.30. The van der Waals surface area contributed by atoms with Gasteiger partial charge in [0.1, 0.15) is 17.1 Å². The molecule has 0 fully saturated rings. The zero-order valence-corrected chi connectivity index (χ0v) is 20.1. The second kappa shape index (κ2) is 10.1. The lowest BCUT2D eigenvalue weighted by molar-refractivity contribution is -0.151. The molecule has 5 heteroatoms. The molecule has 4 nitrogen and oxygen atoms in total. The second-order valence-electron chi connectivity index (χ2n) is 8.38. The van der Waals surface area contributed by atoms with E-state index in [0.717, 1.165) is 28.2 Å². The molecule has 0 heterocycles. The summed E-state index contributed by atoms with van der Waals surface area (Å²) in [4.78, 5) is 12.7. The first-order valence-electron chi connectivity index (χ1n) is 10.5. The van der Waals surface area contributed by atoms with E-state index in [9.17, 15) is 4.79 Å². The summed E-state index contributed by atoms with van der Waals surface area (Å²) in [6.07, 6.45) is 0. The third-order valence-corrected chi connectivity index (χ3v) is 6.52. The maximum atomic E-state index is 12.7. The van der Waals surface area contributed by atoms with Gasteiger partial charge in [-0.1, -0.05) is 54.6 Å². The highest BCUT2D eigenvalue weighted by atomic mass is 32.2. The van der Waals surface area contributed by atoms with Gasteiger partial charge < -0.3 is 14.2 Å². The van der Waals surface area contributed by atoms with Crippen LogP contribution in [-0.4, -0.2) is 31.5 Å². The van der Waals surface area contributed by atoms with Crippen LogP contribution >= 0.6 is 11.8 Å². The maximum Gasteiger partial charge on any atom is 0.316 e. The minimum atomic E-state index is -0.628. The Morgan fingerprint density at radius 3 is 1.56 bits per heavy atom. The summed E-state index contributed by atoms with van der Waals surface area (Å²) in [7, 11) is 3.31. The summed E-state index contributed by atoms with van der Waals surface area (Å²) in [6, 6.07) is 26.2. The fourth-order valence-electron chi connectivity index (χ4n) is 3.61. The maximum absolute atomic E-state index is 12.7. The molecule has 168 valence electrons. The number of hydrogen-bond acceptors (Lipinski definition) is 5. The second-order valence-corrected chi connectivity index (χ2v) is 9.57. The van der Waals surface area contributed by atoms with Crippen LogP contribution in [0.15, 0.2) is 78.9 Å². The smallest absolute Gasteiger partial charge is 0.316 e. The van der Waals surface area contributed by atoms with Gasteiger partial charge in [0.25, 0.3) is 0 Å². The lowest BCUT2D eigenvalue weighted by Gasteiger charge is -2.35. The van der Waals surface area contributed by atoms with Crippen molar-refractivity contribution in [2.24, 2.45) is 0 Å². The molecule has 0 bridgehead atoms. The van der Waals surface area contributed by atoms with E-state index < -0.39 is 10.3 Å². The van der Waals surface area contributed by atoms with E-state index >= 15 is 0 Å². The average Bonchev–Trinajstić information content (AvgIpc) is 2.80. The Kier molecular flexibility index (Phi) is 7.52. The molecule has 0 atom stereocenters. The van der Waals surface area contributed by atoms with Crippen LogP contribution in [0.5, 0.6) is 11.5 Å². The predicted octanol–water partition coefficient (Wildman–Crippen LogP) is 6.07. The van der Waals surface area contributed by atoms with Crippen LogP contribution in [0, 0.1) is 0 Å². The molecule has 0 unspecified atom stereocenters. The molecule has 3 rings (SSSR count). The molecule has 0 radical (unpaired) electrons. The number of benzene rings is 3. The lowest BCUT2D eigenvalue weighted by atomic mass is 9.84. The van der Waals surface area contributed by atoms with Crippen molar-refractivity contribution in [3.63, 3.8) is 0 Å². The zero-order chi connectivity index (χ0) is 23.2. The molecule has 0 saturated carbocycles. The quantitative estimate of drug-likeness (QED) is 0.308. The number of hydrogen-bond donors (Lipinski definition) is 0. The Hall–Kier alpha value is -2.92. The van der Waals surface area contributed by atoms with E-state index in [4.69, 9.17) is 14.2 Å². The van der Waals surface area contributed by atoms with Gasteiger partial charge in [-0.05, 0) is 61.7 Å². The van der Waals surface area contributed by atoms with Crippen LogP contribution in [0.3, 0.4) is 0 Å². The normalized spacial score (nSPS) is 11.7. The summed E-state index contributed by atoms with van der Waals surface area (Å²) < 4.78 is 15.7.